The number of rotatable bonds is 5. The van der Waals surface area contributed by atoms with Crippen molar-refractivity contribution in [2.24, 2.45) is 5.92 Å². The minimum Gasteiger partial charge on any atom is -0.339 e. The van der Waals surface area contributed by atoms with Crippen LogP contribution in [0.4, 0.5) is 5.69 Å². The monoisotopic (exact) mass is 371 g/mol. The normalized spacial score (nSPS) is 20.3. The molecule has 1 aromatic rings. The second kappa shape index (κ2) is 8.55. The van der Waals surface area contributed by atoms with E-state index in [1.807, 2.05) is 12.1 Å². The van der Waals surface area contributed by atoms with Crippen molar-refractivity contribution in [1.82, 2.24) is 9.80 Å². The van der Waals surface area contributed by atoms with Crippen LogP contribution in [-0.4, -0.2) is 60.2 Å². The van der Waals surface area contributed by atoms with E-state index in [1.165, 1.54) is 5.56 Å². The van der Waals surface area contributed by atoms with E-state index < -0.39 is 0 Å². The fourth-order valence-corrected chi connectivity index (χ4v) is 3.85. The number of amides is 3. The van der Waals surface area contributed by atoms with E-state index in [1.54, 1.807) is 21.6 Å². The van der Waals surface area contributed by atoms with Crippen LogP contribution in [0.25, 0.3) is 0 Å². The maximum Gasteiger partial charge on any atom is 0.228 e. The summed E-state index contributed by atoms with van der Waals surface area (Å²) in [5, 5.41) is 0. The standard InChI is InChI=1S/C21H29N3O3/c1-3-4-5-17-6-8-19(9-7-17)24-15-18(14-20(24)26)21(27)23-12-10-22(11-13-23)16(2)25/h6-9,18H,3-5,10-15H2,1-2H3. The molecule has 2 saturated heterocycles. The van der Waals surface area contributed by atoms with Crippen LogP contribution in [0.2, 0.25) is 0 Å². The van der Waals surface area contributed by atoms with Crippen LogP contribution in [0.5, 0.6) is 0 Å². The predicted octanol–water partition coefficient (Wildman–Crippen LogP) is 2.07. The van der Waals surface area contributed by atoms with E-state index in [4.69, 9.17) is 0 Å². The molecule has 3 rings (SSSR count). The highest BCUT2D eigenvalue weighted by Gasteiger charge is 2.38. The van der Waals surface area contributed by atoms with Gasteiger partial charge in [-0.05, 0) is 30.5 Å². The quantitative estimate of drug-likeness (QED) is 0.796. The fraction of sp³-hybridized carbons (Fsp3) is 0.571. The molecule has 2 heterocycles. The molecule has 0 aromatic heterocycles. The third-order valence-corrected chi connectivity index (χ3v) is 5.58. The van der Waals surface area contributed by atoms with Crippen molar-refractivity contribution in [3.05, 3.63) is 29.8 Å². The van der Waals surface area contributed by atoms with Crippen LogP contribution < -0.4 is 4.90 Å². The summed E-state index contributed by atoms with van der Waals surface area (Å²) in [6, 6.07) is 8.13. The number of nitrogens with zero attached hydrogens (tertiary/aromatic N) is 3. The minimum atomic E-state index is -0.291. The minimum absolute atomic E-state index is 0.0111. The van der Waals surface area contributed by atoms with E-state index in [0.29, 0.717) is 32.7 Å². The topological polar surface area (TPSA) is 60.9 Å². The molecule has 2 fully saturated rings. The molecule has 6 heteroatoms. The Morgan fingerprint density at radius 3 is 2.26 bits per heavy atom. The summed E-state index contributed by atoms with van der Waals surface area (Å²) in [6.07, 6.45) is 3.65. The highest BCUT2D eigenvalue weighted by molar-refractivity contribution is 6.00. The molecule has 0 saturated carbocycles. The number of carbonyl (C=O) groups is 3. The average Bonchev–Trinajstić information content (AvgIpc) is 3.08. The van der Waals surface area contributed by atoms with Crippen LogP contribution in [-0.2, 0) is 20.8 Å². The molecule has 1 aromatic carbocycles. The molecule has 0 N–H and O–H groups in total. The predicted molar refractivity (Wildman–Crippen MR) is 104 cm³/mol. The van der Waals surface area contributed by atoms with Crippen LogP contribution in [0.3, 0.4) is 0 Å². The third-order valence-electron chi connectivity index (χ3n) is 5.58. The number of hydrogen-bond donors (Lipinski definition) is 0. The summed E-state index contributed by atoms with van der Waals surface area (Å²) in [5.74, 6) is -0.196. The molecule has 2 aliphatic rings. The molecule has 1 unspecified atom stereocenters. The number of aryl methyl sites for hydroxylation is 1. The number of benzene rings is 1. The van der Waals surface area contributed by atoms with Gasteiger partial charge in [0, 0.05) is 51.8 Å². The molecule has 0 aliphatic carbocycles. The molecule has 27 heavy (non-hydrogen) atoms. The molecule has 0 radical (unpaired) electrons. The van der Waals surface area contributed by atoms with E-state index >= 15 is 0 Å². The number of unbranched alkanes of at least 4 members (excludes halogenated alkanes) is 1. The lowest BCUT2D eigenvalue weighted by molar-refractivity contribution is -0.141. The zero-order valence-electron chi connectivity index (χ0n) is 16.3. The van der Waals surface area contributed by atoms with Gasteiger partial charge in [0.2, 0.25) is 17.7 Å². The largest absolute Gasteiger partial charge is 0.339 e. The van der Waals surface area contributed by atoms with Gasteiger partial charge >= 0.3 is 0 Å². The first-order valence-corrected chi connectivity index (χ1v) is 9.93. The SMILES string of the molecule is CCCCc1ccc(N2CC(C(=O)N3CCN(C(C)=O)CC3)CC2=O)cc1. The van der Waals surface area contributed by atoms with E-state index in [2.05, 4.69) is 19.1 Å². The van der Waals surface area contributed by atoms with Crippen molar-refractivity contribution in [2.75, 3.05) is 37.6 Å². The van der Waals surface area contributed by atoms with Crippen LogP contribution in [0.15, 0.2) is 24.3 Å². The molecule has 0 spiro atoms. The number of hydrogen-bond acceptors (Lipinski definition) is 3. The van der Waals surface area contributed by atoms with Crippen LogP contribution in [0, 0.1) is 5.92 Å². The first-order chi connectivity index (χ1) is 13.0. The molecular formula is C21H29N3O3. The molecule has 146 valence electrons. The number of anilines is 1. The fourth-order valence-electron chi connectivity index (χ4n) is 3.85. The van der Waals surface area contributed by atoms with Crippen molar-refractivity contribution in [3.63, 3.8) is 0 Å². The summed E-state index contributed by atoms with van der Waals surface area (Å²) in [7, 11) is 0. The smallest absolute Gasteiger partial charge is 0.228 e. The van der Waals surface area contributed by atoms with E-state index in [-0.39, 0.29) is 30.1 Å². The van der Waals surface area contributed by atoms with Crippen molar-refractivity contribution in [1.29, 1.82) is 0 Å². The second-order valence-corrected chi connectivity index (χ2v) is 7.51. The van der Waals surface area contributed by atoms with Gasteiger partial charge in [-0.2, -0.15) is 0 Å². The highest BCUT2D eigenvalue weighted by atomic mass is 16.2. The van der Waals surface area contributed by atoms with Crippen LogP contribution in [0.1, 0.15) is 38.7 Å². The van der Waals surface area contributed by atoms with Gasteiger partial charge in [-0.15, -0.1) is 0 Å². The summed E-state index contributed by atoms with van der Waals surface area (Å²) in [4.78, 5) is 42.0. The lowest BCUT2D eigenvalue weighted by Gasteiger charge is -2.35. The molecular weight excluding hydrogens is 342 g/mol. The lowest BCUT2D eigenvalue weighted by atomic mass is 10.1. The summed E-state index contributed by atoms with van der Waals surface area (Å²) in [6.45, 7) is 6.42. The van der Waals surface area contributed by atoms with Crippen LogP contribution >= 0.6 is 0 Å². The van der Waals surface area contributed by atoms with Gasteiger partial charge in [-0.3, -0.25) is 14.4 Å². The summed E-state index contributed by atoms with van der Waals surface area (Å²) < 4.78 is 0. The maximum atomic E-state index is 12.8. The second-order valence-electron chi connectivity index (χ2n) is 7.51. The maximum absolute atomic E-state index is 12.8. The zero-order valence-corrected chi connectivity index (χ0v) is 16.3. The molecule has 0 bridgehead atoms. The van der Waals surface area contributed by atoms with Crippen molar-refractivity contribution in [3.8, 4) is 0 Å². The Morgan fingerprint density at radius 2 is 1.67 bits per heavy atom. The Bertz CT molecular complexity index is 693. The average molecular weight is 371 g/mol. The van der Waals surface area contributed by atoms with Gasteiger partial charge in [0.15, 0.2) is 0 Å². The Labute approximate surface area is 161 Å². The Morgan fingerprint density at radius 1 is 1.04 bits per heavy atom. The number of carbonyl (C=O) groups excluding carboxylic acids is 3. The molecule has 3 amide bonds. The Balaban J connectivity index is 1.58. The molecule has 6 nitrogen and oxygen atoms in total. The molecule has 2 aliphatic heterocycles. The number of piperazine rings is 1. The van der Waals surface area contributed by atoms with Crippen molar-refractivity contribution < 1.29 is 14.4 Å². The Hall–Kier alpha value is -2.37. The molecule has 1 atom stereocenters. The van der Waals surface area contributed by atoms with E-state index in [9.17, 15) is 14.4 Å². The van der Waals surface area contributed by atoms with Gasteiger partial charge in [0.05, 0.1) is 5.92 Å². The highest BCUT2D eigenvalue weighted by Crippen LogP contribution is 2.27. The van der Waals surface area contributed by atoms with Gasteiger partial charge in [-0.25, -0.2) is 0 Å². The lowest BCUT2D eigenvalue weighted by Crippen LogP contribution is -2.51. The summed E-state index contributed by atoms with van der Waals surface area (Å²) >= 11 is 0. The van der Waals surface area contributed by atoms with Gasteiger partial charge < -0.3 is 14.7 Å². The van der Waals surface area contributed by atoms with Gasteiger partial charge in [0.25, 0.3) is 0 Å². The van der Waals surface area contributed by atoms with E-state index in [0.717, 1.165) is 24.9 Å². The Kier molecular flexibility index (Phi) is 6.14. The zero-order chi connectivity index (χ0) is 19.4. The van der Waals surface area contributed by atoms with Crippen molar-refractivity contribution >= 4 is 23.4 Å². The van der Waals surface area contributed by atoms with Gasteiger partial charge in [-0.1, -0.05) is 25.5 Å². The first kappa shape index (κ1) is 19.4. The van der Waals surface area contributed by atoms with Gasteiger partial charge in [0.1, 0.15) is 0 Å². The first-order valence-electron chi connectivity index (χ1n) is 9.93. The summed E-state index contributed by atoms with van der Waals surface area (Å²) in [5.41, 5.74) is 2.15. The third kappa shape index (κ3) is 4.49. The van der Waals surface area contributed by atoms with Crippen molar-refractivity contribution in [2.45, 2.75) is 39.5 Å².